The molecular formula is C14H21F2NO. The van der Waals surface area contributed by atoms with Gasteiger partial charge in [-0.2, -0.15) is 0 Å². The zero-order valence-corrected chi connectivity index (χ0v) is 11.1. The molecule has 0 aliphatic carbocycles. The molecule has 0 saturated heterocycles. The number of benzene rings is 1. The first kappa shape index (κ1) is 15.1. The Morgan fingerprint density at radius 1 is 1.28 bits per heavy atom. The minimum Gasteiger partial charge on any atom is -0.389 e. The van der Waals surface area contributed by atoms with Crippen molar-refractivity contribution in [3.05, 3.63) is 35.4 Å². The zero-order chi connectivity index (χ0) is 13.8. The quantitative estimate of drug-likeness (QED) is 0.820. The van der Waals surface area contributed by atoms with Gasteiger partial charge in [0.05, 0.1) is 5.60 Å². The number of nitrogens with one attached hydrogen (secondary N) is 1. The second-order valence-corrected chi connectivity index (χ2v) is 5.40. The molecule has 0 radical (unpaired) electrons. The Balaban J connectivity index is 2.64. The van der Waals surface area contributed by atoms with Crippen LogP contribution in [0.15, 0.2) is 18.2 Å². The largest absolute Gasteiger partial charge is 0.389 e. The fraction of sp³-hybridized carbons (Fsp3) is 0.571. The van der Waals surface area contributed by atoms with Crippen LogP contribution < -0.4 is 5.32 Å². The molecule has 0 saturated carbocycles. The normalized spacial score (nSPS) is 14.8. The minimum atomic E-state index is -1.17. The summed E-state index contributed by atoms with van der Waals surface area (Å²) in [5.74, 6) is -0.760. The van der Waals surface area contributed by atoms with Gasteiger partial charge in [0.2, 0.25) is 0 Å². The van der Waals surface area contributed by atoms with Gasteiger partial charge in [0, 0.05) is 18.5 Å². The Morgan fingerprint density at radius 3 is 2.33 bits per heavy atom. The van der Waals surface area contributed by atoms with E-state index in [0.717, 1.165) is 6.54 Å². The van der Waals surface area contributed by atoms with E-state index < -0.39 is 17.2 Å². The van der Waals surface area contributed by atoms with Crippen molar-refractivity contribution in [2.24, 2.45) is 5.92 Å². The number of rotatable bonds is 6. The van der Waals surface area contributed by atoms with Crippen LogP contribution in [-0.4, -0.2) is 23.8 Å². The molecule has 1 rings (SSSR count). The van der Waals surface area contributed by atoms with Gasteiger partial charge >= 0.3 is 0 Å². The Morgan fingerprint density at radius 2 is 1.83 bits per heavy atom. The summed E-state index contributed by atoms with van der Waals surface area (Å²) >= 11 is 0. The van der Waals surface area contributed by atoms with Gasteiger partial charge in [0.1, 0.15) is 11.6 Å². The maximum Gasteiger partial charge on any atom is 0.129 e. The third-order valence-corrected chi connectivity index (χ3v) is 2.68. The highest BCUT2D eigenvalue weighted by molar-refractivity contribution is 5.21. The SMILES string of the molecule is CC(C)CNCC(C)(O)Cc1c(F)cccc1F. The fourth-order valence-electron chi connectivity index (χ4n) is 1.77. The lowest BCUT2D eigenvalue weighted by Crippen LogP contribution is -2.41. The second-order valence-electron chi connectivity index (χ2n) is 5.40. The van der Waals surface area contributed by atoms with Crippen molar-refractivity contribution >= 4 is 0 Å². The Kier molecular flexibility index (Phi) is 5.23. The molecule has 18 heavy (non-hydrogen) atoms. The van der Waals surface area contributed by atoms with Crippen molar-refractivity contribution in [3.63, 3.8) is 0 Å². The molecular weight excluding hydrogens is 236 g/mol. The van der Waals surface area contributed by atoms with Crippen LogP contribution in [0.3, 0.4) is 0 Å². The smallest absolute Gasteiger partial charge is 0.129 e. The fourth-order valence-corrected chi connectivity index (χ4v) is 1.77. The van der Waals surface area contributed by atoms with Crippen LogP contribution in [-0.2, 0) is 6.42 Å². The van der Waals surface area contributed by atoms with Crippen molar-refractivity contribution in [2.45, 2.75) is 32.8 Å². The van der Waals surface area contributed by atoms with Gasteiger partial charge in [0.15, 0.2) is 0 Å². The maximum atomic E-state index is 13.5. The second kappa shape index (κ2) is 6.25. The van der Waals surface area contributed by atoms with Crippen LogP contribution in [0.1, 0.15) is 26.3 Å². The zero-order valence-electron chi connectivity index (χ0n) is 11.1. The number of halogens is 2. The summed E-state index contributed by atoms with van der Waals surface area (Å²) in [6.45, 7) is 6.75. The maximum absolute atomic E-state index is 13.5. The van der Waals surface area contributed by atoms with Gasteiger partial charge < -0.3 is 10.4 Å². The first-order valence-electron chi connectivity index (χ1n) is 6.18. The molecule has 0 aliphatic heterocycles. The highest BCUT2D eigenvalue weighted by Crippen LogP contribution is 2.18. The summed E-state index contributed by atoms with van der Waals surface area (Å²) in [7, 11) is 0. The lowest BCUT2D eigenvalue weighted by atomic mass is 9.95. The molecule has 2 N–H and O–H groups in total. The Labute approximate surface area is 107 Å². The minimum absolute atomic E-state index is 0.0450. The molecule has 4 heteroatoms. The highest BCUT2D eigenvalue weighted by Gasteiger charge is 2.24. The van der Waals surface area contributed by atoms with Gasteiger partial charge in [0.25, 0.3) is 0 Å². The highest BCUT2D eigenvalue weighted by atomic mass is 19.1. The Hall–Kier alpha value is -1.00. The van der Waals surface area contributed by atoms with Crippen LogP contribution in [0.25, 0.3) is 0 Å². The first-order chi connectivity index (χ1) is 8.32. The van der Waals surface area contributed by atoms with Gasteiger partial charge in [-0.25, -0.2) is 8.78 Å². The lowest BCUT2D eigenvalue weighted by molar-refractivity contribution is 0.0577. The number of aliphatic hydroxyl groups is 1. The summed E-state index contributed by atoms with van der Waals surface area (Å²) in [6.07, 6.45) is -0.0450. The monoisotopic (exact) mass is 257 g/mol. The molecule has 0 fully saturated rings. The summed E-state index contributed by atoms with van der Waals surface area (Å²) in [4.78, 5) is 0. The van der Waals surface area contributed by atoms with Crippen LogP contribution in [0, 0.1) is 17.6 Å². The molecule has 0 heterocycles. The third-order valence-electron chi connectivity index (χ3n) is 2.68. The van der Waals surface area contributed by atoms with Crippen molar-refractivity contribution in [1.82, 2.24) is 5.32 Å². The molecule has 2 nitrogen and oxygen atoms in total. The number of hydrogen-bond acceptors (Lipinski definition) is 2. The Bertz CT molecular complexity index is 371. The topological polar surface area (TPSA) is 32.3 Å². The first-order valence-corrected chi connectivity index (χ1v) is 6.18. The van der Waals surface area contributed by atoms with Crippen LogP contribution in [0.5, 0.6) is 0 Å². The van der Waals surface area contributed by atoms with Gasteiger partial charge in [-0.3, -0.25) is 0 Å². The van der Waals surface area contributed by atoms with Gasteiger partial charge in [-0.15, -0.1) is 0 Å². The van der Waals surface area contributed by atoms with Crippen LogP contribution in [0.2, 0.25) is 0 Å². The summed E-state index contributed by atoms with van der Waals surface area (Å²) in [5, 5.41) is 13.2. The molecule has 0 bridgehead atoms. The van der Waals surface area contributed by atoms with E-state index in [2.05, 4.69) is 19.2 Å². The molecule has 1 aromatic rings. The average Bonchev–Trinajstić information content (AvgIpc) is 2.23. The van der Waals surface area contributed by atoms with Crippen molar-refractivity contribution in [3.8, 4) is 0 Å². The lowest BCUT2D eigenvalue weighted by Gasteiger charge is -2.25. The summed E-state index contributed by atoms with van der Waals surface area (Å²) < 4.78 is 26.9. The van der Waals surface area contributed by atoms with Crippen molar-refractivity contribution < 1.29 is 13.9 Å². The van der Waals surface area contributed by atoms with E-state index in [0.29, 0.717) is 12.5 Å². The molecule has 0 aliphatic rings. The summed E-state index contributed by atoms with van der Waals surface area (Å²) in [6, 6.07) is 3.73. The molecule has 0 spiro atoms. The molecule has 1 aromatic carbocycles. The predicted octanol–water partition coefficient (Wildman–Crippen LogP) is 2.50. The van der Waals surface area contributed by atoms with Crippen LogP contribution in [0.4, 0.5) is 8.78 Å². The van der Waals surface area contributed by atoms with E-state index in [-0.39, 0.29) is 12.0 Å². The molecule has 0 amide bonds. The van der Waals surface area contributed by atoms with E-state index in [1.807, 2.05) is 0 Å². The van der Waals surface area contributed by atoms with Gasteiger partial charge in [-0.05, 0) is 31.5 Å². The molecule has 1 atom stereocenters. The third kappa shape index (κ3) is 4.70. The molecule has 0 aromatic heterocycles. The van der Waals surface area contributed by atoms with Crippen molar-refractivity contribution in [1.29, 1.82) is 0 Å². The molecule has 1 unspecified atom stereocenters. The van der Waals surface area contributed by atoms with E-state index in [1.165, 1.54) is 18.2 Å². The van der Waals surface area contributed by atoms with E-state index >= 15 is 0 Å². The van der Waals surface area contributed by atoms with Gasteiger partial charge in [-0.1, -0.05) is 19.9 Å². The number of hydrogen-bond donors (Lipinski definition) is 2. The predicted molar refractivity (Wildman–Crippen MR) is 68.4 cm³/mol. The summed E-state index contributed by atoms with van der Waals surface area (Å²) in [5.41, 5.74) is -1.23. The van der Waals surface area contributed by atoms with Crippen molar-refractivity contribution in [2.75, 3.05) is 13.1 Å². The average molecular weight is 257 g/mol. The van der Waals surface area contributed by atoms with E-state index in [4.69, 9.17) is 0 Å². The van der Waals surface area contributed by atoms with E-state index in [1.54, 1.807) is 6.92 Å². The molecule has 102 valence electrons. The van der Waals surface area contributed by atoms with E-state index in [9.17, 15) is 13.9 Å². The standard InChI is InChI=1S/C14H21F2NO/c1-10(2)8-17-9-14(3,18)7-11-12(15)5-4-6-13(11)16/h4-6,10,17-18H,7-9H2,1-3H3. The van der Waals surface area contributed by atoms with Crippen LogP contribution >= 0.6 is 0 Å².